The fourth-order valence-corrected chi connectivity index (χ4v) is 5.02. The molecule has 5 nitrogen and oxygen atoms in total. The summed E-state index contributed by atoms with van der Waals surface area (Å²) in [4.78, 5) is 4.42. The van der Waals surface area contributed by atoms with Crippen LogP contribution in [0.4, 0.5) is 0 Å². The first kappa shape index (κ1) is 21.0. The highest BCUT2D eigenvalue weighted by atomic mass is 28.4. The van der Waals surface area contributed by atoms with Gasteiger partial charge < -0.3 is 18.6 Å². The van der Waals surface area contributed by atoms with Crippen LogP contribution in [0.3, 0.4) is 0 Å². The van der Waals surface area contributed by atoms with E-state index >= 15 is 0 Å². The van der Waals surface area contributed by atoms with Crippen LogP contribution >= 0.6 is 0 Å². The average Bonchev–Trinajstić information content (AvgIpc) is 2.59. The summed E-state index contributed by atoms with van der Waals surface area (Å²) in [6.45, 7) is 10.4. The molecule has 0 saturated carbocycles. The van der Waals surface area contributed by atoms with Gasteiger partial charge in [-0.25, -0.2) is 0 Å². The van der Waals surface area contributed by atoms with E-state index in [1.807, 2.05) is 45.2 Å². The van der Waals surface area contributed by atoms with E-state index in [0.717, 1.165) is 37.7 Å². The molecular formula is C18H32N2O3Si. The minimum atomic E-state index is -2.48. The van der Waals surface area contributed by atoms with Gasteiger partial charge in [0.25, 0.3) is 0 Å². The van der Waals surface area contributed by atoms with Gasteiger partial charge in [-0.05, 0) is 39.3 Å². The van der Waals surface area contributed by atoms with Crippen LogP contribution in [0, 0.1) is 0 Å². The maximum Gasteiger partial charge on any atom is 0.500 e. The molecule has 1 aromatic carbocycles. The molecule has 1 rings (SSSR count). The van der Waals surface area contributed by atoms with Gasteiger partial charge in [-0.3, -0.25) is 4.99 Å². The Hall–Kier alpha value is -1.05. The number of nitrogens with zero attached hydrogens (tertiary/aromatic N) is 1. The zero-order valence-electron chi connectivity index (χ0n) is 15.3. The fourth-order valence-electron chi connectivity index (χ4n) is 2.41. The van der Waals surface area contributed by atoms with E-state index in [1.54, 1.807) is 0 Å². The number of hydrogen-bond donors (Lipinski definition) is 1. The molecule has 0 atom stereocenters. The number of aliphatic imine (C=N–C) groups is 1. The van der Waals surface area contributed by atoms with Gasteiger partial charge in [0.15, 0.2) is 0 Å². The highest BCUT2D eigenvalue weighted by molar-refractivity contribution is 6.60. The van der Waals surface area contributed by atoms with Gasteiger partial charge in [-0.2, -0.15) is 0 Å². The molecule has 0 aliphatic rings. The van der Waals surface area contributed by atoms with Crippen LogP contribution < -0.4 is 5.32 Å². The van der Waals surface area contributed by atoms with E-state index in [-0.39, 0.29) is 0 Å². The summed E-state index contributed by atoms with van der Waals surface area (Å²) in [6.07, 6.45) is 2.90. The molecule has 0 aliphatic carbocycles. The third-order valence-corrected chi connectivity index (χ3v) is 6.54. The molecule has 6 heteroatoms. The van der Waals surface area contributed by atoms with Crippen LogP contribution in [0.15, 0.2) is 35.3 Å². The summed E-state index contributed by atoms with van der Waals surface area (Å²) < 4.78 is 17.5. The molecule has 0 bridgehead atoms. The van der Waals surface area contributed by atoms with Crippen molar-refractivity contribution in [3.63, 3.8) is 0 Å². The number of rotatable bonds is 14. The SMILES string of the molecule is CCO[Si](CCCNCCN=Cc1ccccc1)(OCC)OCC. The van der Waals surface area contributed by atoms with Crippen LogP contribution in [0.5, 0.6) is 0 Å². The Labute approximate surface area is 147 Å². The van der Waals surface area contributed by atoms with Crippen molar-refractivity contribution < 1.29 is 13.3 Å². The zero-order valence-corrected chi connectivity index (χ0v) is 16.3. The molecule has 0 aromatic heterocycles. The average molecular weight is 353 g/mol. The van der Waals surface area contributed by atoms with Gasteiger partial charge >= 0.3 is 8.80 Å². The quantitative estimate of drug-likeness (QED) is 0.317. The van der Waals surface area contributed by atoms with E-state index in [1.165, 1.54) is 0 Å². The Morgan fingerprint density at radius 3 is 2.17 bits per heavy atom. The lowest BCUT2D eigenvalue weighted by Crippen LogP contribution is -2.46. The summed E-state index contributed by atoms with van der Waals surface area (Å²) in [5.74, 6) is 0. The van der Waals surface area contributed by atoms with Crippen LogP contribution in [0.1, 0.15) is 32.8 Å². The molecule has 24 heavy (non-hydrogen) atoms. The van der Waals surface area contributed by atoms with Crippen LogP contribution in [-0.4, -0.2) is 54.5 Å². The molecular weight excluding hydrogens is 320 g/mol. The van der Waals surface area contributed by atoms with Crippen molar-refractivity contribution in [2.45, 2.75) is 33.2 Å². The van der Waals surface area contributed by atoms with Crippen LogP contribution in [-0.2, 0) is 13.3 Å². The van der Waals surface area contributed by atoms with E-state index in [9.17, 15) is 0 Å². The van der Waals surface area contributed by atoms with Crippen molar-refractivity contribution in [2.75, 3.05) is 39.5 Å². The van der Waals surface area contributed by atoms with E-state index in [0.29, 0.717) is 19.8 Å². The molecule has 0 spiro atoms. The third-order valence-electron chi connectivity index (χ3n) is 3.39. The highest BCUT2D eigenvalue weighted by Crippen LogP contribution is 2.17. The van der Waals surface area contributed by atoms with Gasteiger partial charge in [-0.1, -0.05) is 30.3 Å². The topological polar surface area (TPSA) is 52.1 Å². The van der Waals surface area contributed by atoms with Gasteiger partial charge in [0, 0.05) is 38.6 Å². The summed E-state index contributed by atoms with van der Waals surface area (Å²) in [5.41, 5.74) is 1.14. The molecule has 0 heterocycles. The summed E-state index contributed by atoms with van der Waals surface area (Å²) in [6, 6.07) is 11.0. The molecule has 1 N–H and O–H groups in total. The van der Waals surface area contributed by atoms with Crippen LogP contribution in [0.2, 0.25) is 6.04 Å². The smallest absolute Gasteiger partial charge is 0.374 e. The zero-order chi connectivity index (χ0) is 17.5. The van der Waals surface area contributed by atoms with Gasteiger partial charge in [0.05, 0.1) is 6.54 Å². The first-order chi connectivity index (χ1) is 11.8. The first-order valence-electron chi connectivity index (χ1n) is 8.93. The summed E-state index contributed by atoms with van der Waals surface area (Å²) in [5, 5.41) is 3.41. The Kier molecular flexibility index (Phi) is 11.6. The Morgan fingerprint density at radius 1 is 0.958 bits per heavy atom. The van der Waals surface area contributed by atoms with Crippen molar-refractivity contribution in [2.24, 2.45) is 4.99 Å². The van der Waals surface area contributed by atoms with Crippen molar-refractivity contribution in [1.82, 2.24) is 5.32 Å². The number of hydrogen-bond acceptors (Lipinski definition) is 5. The van der Waals surface area contributed by atoms with E-state index in [2.05, 4.69) is 22.4 Å². The minimum absolute atomic E-state index is 0.633. The van der Waals surface area contributed by atoms with E-state index < -0.39 is 8.80 Å². The molecule has 136 valence electrons. The maximum absolute atomic E-state index is 5.85. The maximum atomic E-state index is 5.85. The number of benzene rings is 1. The standard InChI is InChI=1S/C18H32N2O3Si/c1-4-21-24(22-5-2,23-6-3)16-10-13-19-14-15-20-17-18-11-8-7-9-12-18/h7-9,11-12,17,19H,4-6,10,13-16H2,1-3H3. The van der Waals surface area contributed by atoms with Gasteiger partial charge in [0.2, 0.25) is 0 Å². The Balaban J connectivity index is 2.19. The normalized spacial score (nSPS) is 12.1. The Morgan fingerprint density at radius 2 is 1.58 bits per heavy atom. The molecule has 0 fully saturated rings. The van der Waals surface area contributed by atoms with Crippen LogP contribution in [0.25, 0.3) is 0 Å². The fraction of sp³-hybridized carbons (Fsp3) is 0.611. The largest absolute Gasteiger partial charge is 0.500 e. The molecule has 0 unspecified atom stereocenters. The predicted octanol–water partition coefficient (Wildman–Crippen LogP) is 3.13. The van der Waals surface area contributed by atoms with Crippen molar-refractivity contribution in [3.8, 4) is 0 Å². The highest BCUT2D eigenvalue weighted by Gasteiger charge is 2.39. The third kappa shape index (κ3) is 8.70. The lowest BCUT2D eigenvalue weighted by atomic mass is 10.2. The monoisotopic (exact) mass is 352 g/mol. The van der Waals surface area contributed by atoms with Crippen molar-refractivity contribution in [3.05, 3.63) is 35.9 Å². The second kappa shape index (κ2) is 13.3. The van der Waals surface area contributed by atoms with Crippen molar-refractivity contribution >= 4 is 15.0 Å². The Bertz CT molecular complexity index is 426. The lowest BCUT2D eigenvalue weighted by molar-refractivity contribution is 0.0708. The van der Waals surface area contributed by atoms with E-state index in [4.69, 9.17) is 13.3 Å². The lowest BCUT2D eigenvalue weighted by Gasteiger charge is -2.28. The molecule has 1 aromatic rings. The van der Waals surface area contributed by atoms with Crippen molar-refractivity contribution in [1.29, 1.82) is 0 Å². The minimum Gasteiger partial charge on any atom is -0.374 e. The van der Waals surface area contributed by atoms with Gasteiger partial charge in [0.1, 0.15) is 0 Å². The second-order valence-corrected chi connectivity index (χ2v) is 8.01. The van der Waals surface area contributed by atoms with Gasteiger partial charge in [-0.15, -0.1) is 0 Å². The molecule has 0 amide bonds. The molecule has 0 radical (unpaired) electrons. The second-order valence-electron chi connectivity index (χ2n) is 5.28. The summed E-state index contributed by atoms with van der Waals surface area (Å²) >= 11 is 0. The first-order valence-corrected chi connectivity index (χ1v) is 10.9. The summed E-state index contributed by atoms with van der Waals surface area (Å²) in [7, 11) is -2.48. The molecule has 0 saturated heterocycles. The molecule has 0 aliphatic heterocycles. The predicted molar refractivity (Wildman–Crippen MR) is 102 cm³/mol. The number of nitrogens with one attached hydrogen (secondary N) is 1.